The number of nitrogens with one attached hydrogen (secondary N) is 1. The van der Waals surface area contributed by atoms with Gasteiger partial charge in [0.15, 0.2) is 0 Å². The molecule has 0 bridgehead atoms. The number of fused-ring (bicyclic) bond motifs is 1. The predicted molar refractivity (Wildman–Crippen MR) is 105 cm³/mol. The van der Waals surface area contributed by atoms with E-state index in [9.17, 15) is 13.2 Å². The Hall–Kier alpha value is -1.98. The summed E-state index contributed by atoms with van der Waals surface area (Å²) < 4.78 is 39.7. The lowest BCUT2D eigenvalue weighted by atomic mass is 9.97. The van der Waals surface area contributed by atoms with E-state index in [4.69, 9.17) is 17.3 Å². The van der Waals surface area contributed by atoms with Crippen molar-refractivity contribution in [2.24, 2.45) is 5.73 Å². The van der Waals surface area contributed by atoms with Crippen LogP contribution in [0.5, 0.6) is 0 Å². The van der Waals surface area contributed by atoms with Gasteiger partial charge in [-0.3, -0.25) is 0 Å². The van der Waals surface area contributed by atoms with Crippen molar-refractivity contribution in [3.63, 3.8) is 0 Å². The summed E-state index contributed by atoms with van der Waals surface area (Å²) in [6.45, 7) is 4.59. The zero-order valence-corrected chi connectivity index (χ0v) is 16.1. The number of H-pyrrole nitrogens is 1. The SMILES string of the molecule is Cc1cc(C)c2[nH]c(-c3cc(C(F)(F)F)ccc3Cl)c(CCCCN)c2c1. The van der Waals surface area contributed by atoms with Crippen LogP contribution in [0.2, 0.25) is 5.02 Å². The number of unbranched alkanes of at least 4 members (excludes halogenated alkanes) is 1. The highest BCUT2D eigenvalue weighted by Crippen LogP contribution is 2.40. The number of aromatic nitrogens is 1. The first-order valence-electron chi connectivity index (χ1n) is 8.91. The van der Waals surface area contributed by atoms with E-state index in [1.807, 2.05) is 13.8 Å². The van der Waals surface area contributed by atoms with E-state index >= 15 is 0 Å². The molecule has 0 radical (unpaired) electrons. The Morgan fingerprint density at radius 3 is 2.48 bits per heavy atom. The van der Waals surface area contributed by atoms with E-state index in [1.54, 1.807) is 0 Å². The second kappa shape index (κ2) is 7.56. The van der Waals surface area contributed by atoms with E-state index in [0.29, 0.717) is 22.8 Å². The van der Waals surface area contributed by atoms with Crippen molar-refractivity contribution in [1.82, 2.24) is 4.98 Å². The molecule has 144 valence electrons. The summed E-state index contributed by atoms with van der Waals surface area (Å²) >= 11 is 6.31. The van der Waals surface area contributed by atoms with Crippen molar-refractivity contribution in [1.29, 1.82) is 0 Å². The number of hydrogen-bond donors (Lipinski definition) is 2. The molecule has 0 saturated carbocycles. The van der Waals surface area contributed by atoms with Gasteiger partial charge < -0.3 is 10.7 Å². The van der Waals surface area contributed by atoms with Crippen LogP contribution in [0.4, 0.5) is 13.2 Å². The molecule has 0 saturated heterocycles. The van der Waals surface area contributed by atoms with E-state index in [-0.39, 0.29) is 0 Å². The fourth-order valence-electron chi connectivity index (χ4n) is 3.54. The number of halogens is 4. The average molecular weight is 395 g/mol. The molecule has 0 spiro atoms. The molecular formula is C21H22ClF3N2. The number of alkyl halides is 3. The topological polar surface area (TPSA) is 41.8 Å². The lowest BCUT2D eigenvalue weighted by molar-refractivity contribution is -0.137. The Bertz CT molecular complexity index is 974. The standard InChI is InChI=1S/C21H22ClF3N2/c1-12-9-13(2)19-16(10-12)15(5-3-4-8-26)20(27-19)17-11-14(21(23,24)25)6-7-18(17)22/h6-7,9-11,27H,3-5,8,26H2,1-2H3. The van der Waals surface area contributed by atoms with Gasteiger partial charge in [-0.05, 0) is 75.0 Å². The van der Waals surface area contributed by atoms with Gasteiger partial charge in [-0.15, -0.1) is 0 Å². The molecule has 1 heterocycles. The first-order valence-corrected chi connectivity index (χ1v) is 9.29. The maximum Gasteiger partial charge on any atom is 0.416 e. The lowest BCUT2D eigenvalue weighted by Crippen LogP contribution is -2.05. The van der Waals surface area contributed by atoms with Gasteiger partial charge in [-0.1, -0.05) is 23.2 Å². The molecule has 2 nitrogen and oxygen atoms in total. The molecule has 3 aromatic rings. The first kappa shape index (κ1) is 19.8. The molecule has 1 aromatic heterocycles. The van der Waals surface area contributed by atoms with Crippen LogP contribution in [0, 0.1) is 13.8 Å². The minimum absolute atomic E-state index is 0.295. The molecule has 0 fully saturated rings. The van der Waals surface area contributed by atoms with Crippen molar-refractivity contribution in [2.45, 2.75) is 39.3 Å². The lowest BCUT2D eigenvalue weighted by Gasteiger charge is -2.11. The molecule has 0 amide bonds. The minimum Gasteiger partial charge on any atom is -0.354 e. The Balaban J connectivity index is 2.24. The maximum absolute atomic E-state index is 13.2. The van der Waals surface area contributed by atoms with Crippen LogP contribution in [0.1, 0.15) is 35.1 Å². The molecule has 0 aliphatic heterocycles. The Morgan fingerprint density at radius 1 is 1.07 bits per heavy atom. The van der Waals surface area contributed by atoms with Gasteiger partial charge in [-0.25, -0.2) is 0 Å². The van der Waals surface area contributed by atoms with Gasteiger partial charge in [0.25, 0.3) is 0 Å². The van der Waals surface area contributed by atoms with Crippen molar-refractivity contribution >= 4 is 22.5 Å². The van der Waals surface area contributed by atoms with Gasteiger partial charge in [0, 0.05) is 21.5 Å². The molecule has 0 unspecified atom stereocenters. The van der Waals surface area contributed by atoms with Crippen molar-refractivity contribution in [2.75, 3.05) is 6.54 Å². The smallest absolute Gasteiger partial charge is 0.354 e. The summed E-state index contributed by atoms with van der Waals surface area (Å²) in [7, 11) is 0. The monoisotopic (exact) mass is 394 g/mol. The van der Waals surface area contributed by atoms with Crippen molar-refractivity contribution in [3.05, 3.63) is 57.6 Å². The Kier molecular flexibility index (Phi) is 5.54. The van der Waals surface area contributed by atoms with Crippen LogP contribution < -0.4 is 5.73 Å². The Morgan fingerprint density at radius 2 is 1.81 bits per heavy atom. The van der Waals surface area contributed by atoms with E-state index in [2.05, 4.69) is 17.1 Å². The number of aromatic amines is 1. The van der Waals surface area contributed by atoms with Gasteiger partial charge >= 0.3 is 6.18 Å². The van der Waals surface area contributed by atoms with Crippen molar-refractivity contribution in [3.8, 4) is 11.3 Å². The molecule has 27 heavy (non-hydrogen) atoms. The van der Waals surface area contributed by atoms with Gasteiger partial charge in [0.2, 0.25) is 0 Å². The number of aryl methyl sites for hydroxylation is 3. The predicted octanol–water partition coefficient (Wildman–Crippen LogP) is 6.41. The summed E-state index contributed by atoms with van der Waals surface area (Å²) in [5.41, 5.74) is 10.0. The van der Waals surface area contributed by atoms with Gasteiger partial charge in [0.05, 0.1) is 11.3 Å². The van der Waals surface area contributed by atoms with Crippen molar-refractivity contribution < 1.29 is 13.2 Å². The van der Waals surface area contributed by atoms with E-state index in [0.717, 1.165) is 59.0 Å². The number of hydrogen-bond acceptors (Lipinski definition) is 1. The minimum atomic E-state index is -4.42. The zero-order valence-electron chi connectivity index (χ0n) is 15.3. The summed E-state index contributed by atoms with van der Waals surface area (Å²) in [4.78, 5) is 3.34. The molecule has 2 aromatic carbocycles. The van der Waals surface area contributed by atoms with Gasteiger partial charge in [-0.2, -0.15) is 13.2 Å². The third kappa shape index (κ3) is 3.99. The highest BCUT2D eigenvalue weighted by molar-refractivity contribution is 6.33. The highest BCUT2D eigenvalue weighted by atomic mass is 35.5. The van der Waals surface area contributed by atoms with E-state index in [1.165, 1.54) is 6.07 Å². The molecule has 0 aliphatic rings. The van der Waals surface area contributed by atoms with Crippen LogP contribution in [0.15, 0.2) is 30.3 Å². The molecular weight excluding hydrogens is 373 g/mol. The second-order valence-corrected chi connectivity index (χ2v) is 7.33. The van der Waals surface area contributed by atoms with Crippen LogP contribution in [-0.4, -0.2) is 11.5 Å². The fraction of sp³-hybridized carbons (Fsp3) is 0.333. The number of benzene rings is 2. The van der Waals surface area contributed by atoms with Crippen LogP contribution in [-0.2, 0) is 12.6 Å². The third-order valence-corrected chi connectivity index (χ3v) is 5.13. The largest absolute Gasteiger partial charge is 0.416 e. The molecule has 3 N–H and O–H groups in total. The first-order chi connectivity index (χ1) is 12.7. The molecule has 3 rings (SSSR count). The van der Waals surface area contributed by atoms with Crippen LogP contribution in [0.3, 0.4) is 0 Å². The average Bonchev–Trinajstić information content (AvgIpc) is 2.93. The number of rotatable bonds is 5. The second-order valence-electron chi connectivity index (χ2n) is 6.92. The summed E-state index contributed by atoms with van der Waals surface area (Å²) in [5, 5.41) is 1.33. The molecule has 0 aliphatic carbocycles. The van der Waals surface area contributed by atoms with Crippen LogP contribution >= 0.6 is 11.6 Å². The van der Waals surface area contributed by atoms with Gasteiger partial charge in [0.1, 0.15) is 0 Å². The molecule has 0 atom stereocenters. The van der Waals surface area contributed by atoms with E-state index < -0.39 is 11.7 Å². The quantitative estimate of drug-likeness (QED) is 0.482. The van der Waals surface area contributed by atoms with Crippen LogP contribution in [0.25, 0.3) is 22.2 Å². The normalized spacial score (nSPS) is 12.1. The zero-order chi connectivity index (χ0) is 19.8. The fourth-order valence-corrected chi connectivity index (χ4v) is 3.75. The summed E-state index contributed by atoms with van der Waals surface area (Å²) in [6, 6.07) is 7.58. The number of nitrogens with two attached hydrogens (primary N) is 1. The highest BCUT2D eigenvalue weighted by Gasteiger charge is 2.31. The third-order valence-electron chi connectivity index (χ3n) is 4.80. The Labute approximate surface area is 161 Å². The summed E-state index contributed by atoms with van der Waals surface area (Å²) in [5.74, 6) is 0. The molecule has 6 heteroatoms. The maximum atomic E-state index is 13.2. The summed E-state index contributed by atoms with van der Waals surface area (Å²) in [6.07, 6.45) is -1.98.